The Morgan fingerprint density at radius 3 is 3.08 bits per heavy atom. The molecule has 2 aliphatic rings. The van der Waals surface area contributed by atoms with Gasteiger partial charge in [0.25, 0.3) is 0 Å². The fourth-order valence-electron chi connectivity index (χ4n) is 2.40. The van der Waals surface area contributed by atoms with Crippen molar-refractivity contribution in [3.63, 3.8) is 0 Å². The summed E-state index contributed by atoms with van der Waals surface area (Å²) in [6.45, 7) is 3.72. The van der Waals surface area contributed by atoms with E-state index in [1.54, 1.807) is 0 Å². The first-order valence-corrected chi connectivity index (χ1v) is 6.37. The standard InChI is InChI=1S/C10H19NS/c1-2-9-3-4-10-5-6-12-8-11(10)7-9/h9-10H,2-8H2,1H3/t9-,10-/m0/s1. The van der Waals surface area contributed by atoms with Gasteiger partial charge in [-0.25, -0.2) is 0 Å². The fraction of sp³-hybridized carbons (Fsp3) is 1.00. The van der Waals surface area contributed by atoms with Crippen LogP contribution in [-0.2, 0) is 0 Å². The van der Waals surface area contributed by atoms with Gasteiger partial charge < -0.3 is 0 Å². The smallest absolute Gasteiger partial charge is 0.0447 e. The van der Waals surface area contributed by atoms with Gasteiger partial charge in [0.2, 0.25) is 0 Å². The zero-order valence-electron chi connectivity index (χ0n) is 7.96. The first-order chi connectivity index (χ1) is 5.90. The zero-order chi connectivity index (χ0) is 8.39. The molecule has 2 aliphatic heterocycles. The molecular weight excluding hydrogens is 166 g/mol. The number of piperidine rings is 1. The van der Waals surface area contributed by atoms with E-state index < -0.39 is 0 Å². The second-order valence-corrected chi connectivity index (χ2v) is 5.18. The molecule has 0 N–H and O–H groups in total. The molecule has 0 unspecified atom stereocenters. The van der Waals surface area contributed by atoms with Crippen molar-refractivity contribution in [1.82, 2.24) is 4.90 Å². The largest absolute Gasteiger partial charge is 0.291 e. The quantitative estimate of drug-likeness (QED) is 0.617. The summed E-state index contributed by atoms with van der Waals surface area (Å²) in [6.07, 6.45) is 5.79. The van der Waals surface area contributed by atoms with Crippen LogP contribution in [0, 0.1) is 5.92 Å². The van der Waals surface area contributed by atoms with Crippen LogP contribution in [0.5, 0.6) is 0 Å². The third-order valence-electron chi connectivity index (χ3n) is 3.35. The summed E-state index contributed by atoms with van der Waals surface area (Å²) >= 11 is 2.12. The average Bonchev–Trinajstić information content (AvgIpc) is 2.17. The lowest BCUT2D eigenvalue weighted by Crippen LogP contribution is -2.45. The molecule has 2 heterocycles. The van der Waals surface area contributed by atoms with Crippen LogP contribution in [0.25, 0.3) is 0 Å². The van der Waals surface area contributed by atoms with Crippen LogP contribution >= 0.6 is 11.8 Å². The van der Waals surface area contributed by atoms with Gasteiger partial charge in [-0.15, -0.1) is 11.8 Å². The minimum Gasteiger partial charge on any atom is -0.291 e. The second kappa shape index (κ2) is 4.01. The number of fused-ring (bicyclic) bond motifs is 1. The Labute approximate surface area is 79.9 Å². The summed E-state index contributed by atoms with van der Waals surface area (Å²) in [5.74, 6) is 3.71. The number of hydrogen-bond donors (Lipinski definition) is 0. The number of thioether (sulfide) groups is 1. The summed E-state index contributed by atoms with van der Waals surface area (Å²) in [5.41, 5.74) is 0. The van der Waals surface area contributed by atoms with E-state index in [2.05, 4.69) is 23.6 Å². The minimum atomic E-state index is 0.953. The van der Waals surface area contributed by atoms with Gasteiger partial charge in [0, 0.05) is 18.5 Å². The molecule has 2 saturated heterocycles. The molecule has 12 heavy (non-hydrogen) atoms. The molecule has 0 aromatic rings. The number of rotatable bonds is 1. The zero-order valence-corrected chi connectivity index (χ0v) is 8.78. The lowest BCUT2D eigenvalue weighted by molar-refractivity contribution is 0.121. The van der Waals surface area contributed by atoms with Crippen molar-refractivity contribution in [1.29, 1.82) is 0 Å². The van der Waals surface area contributed by atoms with Crippen LogP contribution in [0.1, 0.15) is 32.6 Å². The highest BCUT2D eigenvalue weighted by Crippen LogP contribution is 2.31. The molecule has 0 saturated carbocycles. The molecular formula is C10H19NS. The van der Waals surface area contributed by atoms with E-state index in [4.69, 9.17) is 0 Å². The molecule has 0 aliphatic carbocycles. The molecule has 0 bridgehead atoms. The number of hydrogen-bond acceptors (Lipinski definition) is 2. The Kier molecular flexibility index (Phi) is 2.97. The van der Waals surface area contributed by atoms with Crippen molar-refractivity contribution in [3.8, 4) is 0 Å². The van der Waals surface area contributed by atoms with Gasteiger partial charge in [0.1, 0.15) is 0 Å². The predicted octanol–water partition coefficient (Wildman–Crippen LogP) is 2.57. The van der Waals surface area contributed by atoms with Crippen LogP contribution in [0.2, 0.25) is 0 Å². The summed E-state index contributed by atoms with van der Waals surface area (Å²) in [4.78, 5) is 2.71. The Morgan fingerprint density at radius 2 is 2.25 bits per heavy atom. The van der Waals surface area contributed by atoms with E-state index in [1.807, 2.05) is 0 Å². The first kappa shape index (κ1) is 8.89. The lowest BCUT2D eigenvalue weighted by Gasteiger charge is -2.42. The lowest BCUT2D eigenvalue weighted by atomic mass is 9.90. The highest BCUT2D eigenvalue weighted by molar-refractivity contribution is 7.99. The molecule has 2 rings (SSSR count). The van der Waals surface area contributed by atoms with Gasteiger partial charge in [-0.05, 0) is 30.9 Å². The van der Waals surface area contributed by atoms with Gasteiger partial charge in [-0.3, -0.25) is 4.90 Å². The maximum Gasteiger partial charge on any atom is 0.0447 e. The monoisotopic (exact) mass is 185 g/mol. The molecule has 1 nitrogen and oxygen atoms in total. The van der Waals surface area contributed by atoms with E-state index >= 15 is 0 Å². The molecule has 0 radical (unpaired) electrons. The molecule has 0 aromatic carbocycles. The number of nitrogens with zero attached hydrogens (tertiary/aromatic N) is 1. The molecule has 0 spiro atoms. The molecule has 2 fully saturated rings. The van der Waals surface area contributed by atoms with Crippen LogP contribution in [-0.4, -0.2) is 29.1 Å². The van der Waals surface area contributed by atoms with Gasteiger partial charge in [0.05, 0.1) is 0 Å². The Hall–Kier alpha value is 0.310. The topological polar surface area (TPSA) is 3.24 Å². The summed E-state index contributed by atoms with van der Waals surface area (Å²) < 4.78 is 0. The van der Waals surface area contributed by atoms with Crippen molar-refractivity contribution >= 4 is 11.8 Å². The van der Waals surface area contributed by atoms with Gasteiger partial charge in [-0.1, -0.05) is 13.3 Å². The third-order valence-corrected chi connectivity index (χ3v) is 4.39. The fourth-order valence-corrected chi connectivity index (χ4v) is 3.52. The van der Waals surface area contributed by atoms with E-state index in [0.717, 1.165) is 12.0 Å². The van der Waals surface area contributed by atoms with E-state index in [-0.39, 0.29) is 0 Å². The van der Waals surface area contributed by atoms with Gasteiger partial charge in [-0.2, -0.15) is 0 Å². The van der Waals surface area contributed by atoms with E-state index in [1.165, 1.54) is 43.9 Å². The summed E-state index contributed by atoms with van der Waals surface area (Å²) in [5, 5.41) is 0. The second-order valence-electron chi connectivity index (χ2n) is 4.10. The molecule has 2 heteroatoms. The molecule has 0 aromatic heterocycles. The Morgan fingerprint density at radius 1 is 1.33 bits per heavy atom. The van der Waals surface area contributed by atoms with Crippen LogP contribution in [0.3, 0.4) is 0 Å². The maximum atomic E-state index is 2.71. The minimum absolute atomic E-state index is 0.953. The maximum absolute atomic E-state index is 2.71. The normalized spacial score (nSPS) is 37.8. The Bertz CT molecular complexity index is 149. The van der Waals surface area contributed by atoms with Gasteiger partial charge >= 0.3 is 0 Å². The summed E-state index contributed by atoms with van der Waals surface area (Å²) in [7, 11) is 0. The molecule has 70 valence electrons. The summed E-state index contributed by atoms with van der Waals surface area (Å²) in [6, 6.07) is 0.953. The van der Waals surface area contributed by atoms with Crippen LogP contribution in [0.15, 0.2) is 0 Å². The highest BCUT2D eigenvalue weighted by atomic mass is 32.2. The van der Waals surface area contributed by atoms with E-state index in [0.29, 0.717) is 0 Å². The highest BCUT2D eigenvalue weighted by Gasteiger charge is 2.28. The first-order valence-electron chi connectivity index (χ1n) is 5.22. The van der Waals surface area contributed by atoms with Crippen molar-refractivity contribution < 1.29 is 0 Å². The third kappa shape index (κ3) is 1.80. The molecule has 2 atom stereocenters. The SMILES string of the molecule is CC[C@H]1CC[C@H]2CCSCN2C1. The van der Waals surface area contributed by atoms with Crippen molar-refractivity contribution in [3.05, 3.63) is 0 Å². The van der Waals surface area contributed by atoms with Crippen molar-refractivity contribution in [2.75, 3.05) is 18.2 Å². The Balaban J connectivity index is 1.90. The van der Waals surface area contributed by atoms with Gasteiger partial charge in [0.15, 0.2) is 0 Å². The van der Waals surface area contributed by atoms with E-state index in [9.17, 15) is 0 Å². The van der Waals surface area contributed by atoms with Crippen molar-refractivity contribution in [2.45, 2.75) is 38.6 Å². The van der Waals surface area contributed by atoms with Crippen LogP contribution in [0.4, 0.5) is 0 Å². The predicted molar refractivity (Wildman–Crippen MR) is 55.5 cm³/mol. The van der Waals surface area contributed by atoms with Crippen LogP contribution < -0.4 is 0 Å². The van der Waals surface area contributed by atoms with Crippen molar-refractivity contribution in [2.24, 2.45) is 5.92 Å². The molecule has 0 amide bonds. The average molecular weight is 185 g/mol.